The monoisotopic (exact) mass is 490 g/mol. The molecule has 0 aliphatic carbocycles. The van der Waals surface area contributed by atoms with Gasteiger partial charge in [-0.25, -0.2) is 14.5 Å². The van der Waals surface area contributed by atoms with Crippen molar-refractivity contribution in [1.82, 2.24) is 24.5 Å². The van der Waals surface area contributed by atoms with Gasteiger partial charge in [0.2, 0.25) is 11.8 Å². The van der Waals surface area contributed by atoms with Crippen LogP contribution in [0.25, 0.3) is 16.8 Å². The Bertz CT molecular complexity index is 1340. The van der Waals surface area contributed by atoms with Crippen LogP contribution >= 0.6 is 0 Å². The van der Waals surface area contributed by atoms with E-state index in [2.05, 4.69) is 20.2 Å². The lowest BCUT2D eigenvalue weighted by Crippen LogP contribution is -2.43. The summed E-state index contributed by atoms with van der Waals surface area (Å²) in [6, 6.07) is 13.6. The predicted molar refractivity (Wildman–Crippen MR) is 136 cm³/mol. The van der Waals surface area contributed by atoms with Gasteiger partial charge in [0, 0.05) is 25.2 Å². The molecule has 4 aromatic rings. The van der Waals surface area contributed by atoms with E-state index in [1.165, 1.54) is 0 Å². The van der Waals surface area contributed by atoms with Crippen molar-refractivity contribution in [1.29, 1.82) is 0 Å². The van der Waals surface area contributed by atoms with E-state index >= 15 is 0 Å². The van der Waals surface area contributed by atoms with Gasteiger partial charge in [0.05, 0.1) is 55.6 Å². The van der Waals surface area contributed by atoms with E-state index < -0.39 is 6.10 Å². The van der Waals surface area contributed by atoms with Crippen LogP contribution in [0.15, 0.2) is 54.9 Å². The fraction of sp³-hybridized carbons (Fsp3) is 0.346. The Morgan fingerprint density at radius 1 is 1.11 bits per heavy atom. The molecule has 3 aromatic heterocycles. The summed E-state index contributed by atoms with van der Waals surface area (Å²) in [4.78, 5) is 10.8. The molecule has 0 amide bonds. The average Bonchev–Trinajstić information content (AvgIpc) is 3.32. The number of benzene rings is 1. The van der Waals surface area contributed by atoms with E-state index in [1.54, 1.807) is 31.1 Å². The number of likely N-dealkylation sites (tertiary alicyclic amines) is 1. The molecule has 2 atom stereocenters. The van der Waals surface area contributed by atoms with Gasteiger partial charge in [0.25, 0.3) is 0 Å². The van der Waals surface area contributed by atoms with Gasteiger partial charge >= 0.3 is 0 Å². The lowest BCUT2D eigenvalue weighted by atomic mass is 9.87. The van der Waals surface area contributed by atoms with Crippen LogP contribution in [0.5, 0.6) is 11.6 Å². The first-order valence-electron chi connectivity index (χ1n) is 11.9. The molecular formula is C26H30N6O4. The second-order valence-electron chi connectivity index (χ2n) is 8.77. The fourth-order valence-electron chi connectivity index (χ4n) is 4.80. The summed E-state index contributed by atoms with van der Waals surface area (Å²) in [5.74, 6) is 1.58. The Morgan fingerprint density at radius 3 is 2.78 bits per heavy atom. The molecule has 36 heavy (non-hydrogen) atoms. The molecule has 10 nitrogen and oxygen atoms in total. The number of nitrogens with one attached hydrogen (secondary N) is 1. The van der Waals surface area contributed by atoms with Gasteiger partial charge in [0.1, 0.15) is 5.75 Å². The van der Waals surface area contributed by atoms with Gasteiger partial charge < -0.3 is 25.0 Å². The number of methoxy groups -OCH3 is 2. The Morgan fingerprint density at radius 2 is 2.00 bits per heavy atom. The SMILES string of the molecule is COc1cc([C@H]2CCN(CCO)C[C@H]2O)ccc1Nc1ncc2ccc(-c3cccnc3OC)n2n1. The first kappa shape index (κ1) is 24.0. The highest BCUT2D eigenvalue weighted by Gasteiger charge is 2.29. The molecule has 1 fully saturated rings. The van der Waals surface area contributed by atoms with Crippen LogP contribution in [0.1, 0.15) is 17.9 Å². The van der Waals surface area contributed by atoms with Crippen LogP contribution in [0.4, 0.5) is 11.6 Å². The van der Waals surface area contributed by atoms with E-state index in [9.17, 15) is 10.2 Å². The molecule has 0 unspecified atom stereocenters. The molecular weight excluding hydrogens is 460 g/mol. The summed E-state index contributed by atoms with van der Waals surface area (Å²) in [5.41, 5.74) is 4.24. The summed E-state index contributed by atoms with van der Waals surface area (Å²) < 4.78 is 12.9. The van der Waals surface area contributed by atoms with E-state index in [-0.39, 0.29) is 12.5 Å². The number of hydrogen-bond donors (Lipinski definition) is 3. The average molecular weight is 491 g/mol. The van der Waals surface area contributed by atoms with Gasteiger partial charge in [-0.05, 0) is 54.9 Å². The van der Waals surface area contributed by atoms with Crippen LogP contribution in [-0.2, 0) is 0 Å². The van der Waals surface area contributed by atoms with Crippen molar-refractivity contribution in [2.45, 2.75) is 18.4 Å². The molecule has 0 spiro atoms. The van der Waals surface area contributed by atoms with E-state index in [1.807, 2.05) is 42.5 Å². The molecule has 5 rings (SSSR count). The lowest BCUT2D eigenvalue weighted by molar-refractivity contribution is 0.0434. The van der Waals surface area contributed by atoms with E-state index in [0.717, 1.165) is 41.0 Å². The summed E-state index contributed by atoms with van der Waals surface area (Å²) in [6.45, 7) is 2.05. The van der Waals surface area contributed by atoms with Crippen molar-refractivity contribution in [3.8, 4) is 22.9 Å². The van der Waals surface area contributed by atoms with Crippen LogP contribution < -0.4 is 14.8 Å². The third-order valence-electron chi connectivity index (χ3n) is 6.62. The van der Waals surface area contributed by atoms with Gasteiger partial charge in [-0.15, -0.1) is 5.10 Å². The number of aromatic nitrogens is 4. The van der Waals surface area contributed by atoms with Gasteiger partial charge in [0.15, 0.2) is 0 Å². The quantitative estimate of drug-likeness (QED) is 0.343. The molecule has 1 saturated heterocycles. The number of aliphatic hydroxyl groups excluding tert-OH is 2. The number of aliphatic hydroxyl groups is 2. The number of anilines is 2. The first-order chi connectivity index (χ1) is 17.6. The van der Waals surface area contributed by atoms with Crippen molar-refractivity contribution in [3.05, 3.63) is 60.4 Å². The minimum Gasteiger partial charge on any atom is -0.495 e. The molecule has 4 heterocycles. The van der Waals surface area contributed by atoms with E-state index in [4.69, 9.17) is 14.6 Å². The van der Waals surface area contributed by atoms with Crippen molar-refractivity contribution in [3.63, 3.8) is 0 Å². The largest absolute Gasteiger partial charge is 0.495 e. The minimum atomic E-state index is -0.504. The zero-order valence-corrected chi connectivity index (χ0v) is 20.3. The second kappa shape index (κ2) is 10.5. The standard InChI is InChI=1S/C26H30N6O4/c1-35-24-14-17(19-9-11-31(12-13-33)16-23(19)34)5-7-21(24)29-26-28-15-18-6-8-22(32(18)30-26)20-4-3-10-27-25(20)36-2/h3-8,10,14-15,19,23,33-34H,9,11-13,16H2,1-2H3,(H,29,30)/t19-,23-/m1/s1. The number of piperidine rings is 1. The number of ether oxygens (including phenoxy) is 2. The fourth-order valence-corrected chi connectivity index (χ4v) is 4.80. The number of rotatable bonds is 8. The van der Waals surface area contributed by atoms with Crippen molar-refractivity contribution >= 4 is 17.2 Å². The predicted octanol–water partition coefficient (Wildman–Crippen LogP) is 2.69. The van der Waals surface area contributed by atoms with Crippen LogP contribution in [0.2, 0.25) is 0 Å². The number of nitrogens with zero attached hydrogens (tertiary/aromatic N) is 5. The van der Waals surface area contributed by atoms with Crippen LogP contribution in [0, 0.1) is 0 Å². The lowest BCUT2D eigenvalue weighted by Gasteiger charge is -2.36. The number of fused-ring (bicyclic) bond motifs is 1. The van der Waals surface area contributed by atoms with Crippen molar-refractivity contribution in [2.24, 2.45) is 0 Å². The Hall–Kier alpha value is -3.73. The summed E-state index contributed by atoms with van der Waals surface area (Å²) in [7, 11) is 3.21. The molecule has 10 heteroatoms. The second-order valence-corrected chi connectivity index (χ2v) is 8.77. The Labute approximate surface area is 209 Å². The Kier molecular flexibility index (Phi) is 6.99. The van der Waals surface area contributed by atoms with Crippen LogP contribution in [0.3, 0.4) is 0 Å². The highest BCUT2D eigenvalue weighted by atomic mass is 16.5. The Balaban J connectivity index is 1.40. The highest BCUT2D eigenvalue weighted by molar-refractivity contribution is 5.71. The first-order valence-corrected chi connectivity index (χ1v) is 11.9. The minimum absolute atomic E-state index is 0.00684. The van der Waals surface area contributed by atoms with Crippen molar-refractivity contribution < 1.29 is 19.7 Å². The maximum absolute atomic E-state index is 10.7. The van der Waals surface area contributed by atoms with Crippen LogP contribution in [-0.4, -0.2) is 81.3 Å². The van der Waals surface area contributed by atoms with Gasteiger partial charge in [-0.1, -0.05) is 6.07 Å². The summed E-state index contributed by atoms with van der Waals surface area (Å²) in [6.07, 6.45) is 3.74. The molecule has 1 aliphatic heterocycles. The zero-order chi connectivity index (χ0) is 25.1. The molecule has 0 bridgehead atoms. The zero-order valence-electron chi connectivity index (χ0n) is 20.3. The van der Waals surface area contributed by atoms with Gasteiger partial charge in [-0.3, -0.25) is 4.90 Å². The summed E-state index contributed by atoms with van der Waals surface area (Å²) in [5, 5.41) is 27.9. The van der Waals surface area contributed by atoms with Crippen molar-refractivity contribution in [2.75, 3.05) is 45.8 Å². The maximum Gasteiger partial charge on any atom is 0.245 e. The number of hydrogen-bond acceptors (Lipinski definition) is 9. The number of pyridine rings is 1. The molecule has 1 aliphatic rings. The molecule has 3 N–H and O–H groups in total. The molecule has 1 aromatic carbocycles. The van der Waals surface area contributed by atoms with Gasteiger partial charge in [-0.2, -0.15) is 0 Å². The summed E-state index contributed by atoms with van der Waals surface area (Å²) >= 11 is 0. The molecule has 188 valence electrons. The number of β-amino-alcohol motifs (C(OH)–C–C–N with tert-alkyl or cyclic N) is 2. The third-order valence-corrected chi connectivity index (χ3v) is 6.62. The highest BCUT2D eigenvalue weighted by Crippen LogP contribution is 2.35. The molecule has 0 saturated carbocycles. The maximum atomic E-state index is 10.7. The van der Waals surface area contributed by atoms with E-state index in [0.29, 0.717) is 30.7 Å². The normalized spacial score (nSPS) is 18.3. The molecule has 0 radical (unpaired) electrons. The third kappa shape index (κ3) is 4.70. The topological polar surface area (TPSA) is 117 Å². The smallest absolute Gasteiger partial charge is 0.245 e.